The average Bonchev–Trinajstić information content (AvgIpc) is 2.29. The van der Waals surface area contributed by atoms with Crippen molar-refractivity contribution in [1.82, 2.24) is 5.32 Å². The molecular formula is C12H22ClNO. The van der Waals surface area contributed by atoms with E-state index in [2.05, 4.69) is 12.2 Å². The van der Waals surface area contributed by atoms with E-state index in [9.17, 15) is 4.79 Å². The summed E-state index contributed by atoms with van der Waals surface area (Å²) in [5.41, 5.74) is 0. The smallest absolute Gasteiger partial charge is 0.223 e. The molecule has 1 atom stereocenters. The zero-order valence-corrected chi connectivity index (χ0v) is 10.4. The van der Waals surface area contributed by atoms with Gasteiger partial charge in [-0.05, 0) is 25.7 Å². The highest BCUT2D eigenvalue weighted by Crippen LogP contribution is 2.23. The van der Waals surface area contributed by atoms with Gasteiger partial charge in [-0.1, -0.05) is 26.2 Å². The molecule has 0 saturated heterocycles. The van der Waals surface area contributed by atoms with Gasteiger partial charge in [0.05, 0.1) is 0 Å². The van der Waals surface area contributed by atoms with Crippen molar-refractivity contribution in [2.75, 3.05) is 6.54 Å². The number of carbonyl (C=O) groups is 1. The molecule has 1 N–H and O–H groups in total. The number of hydrogen-bond donors (Lipinski definition) is 1. The molecule has 0 aliphatic heterocycles. The van der Waals surface area contributed by atoms with E-state index in [-0.39, 0.29) is 17.2 Å². The third-order valence-electron chi connectivity index (χ3n) is 3.18. The lowest BCUT2D eigenvalue weighted by molar-refractivity contribution is -0.125. The van der Waals surface area contributed by atoms with Crippen molar-refractivity contribution >= 4 is 17.5 Å². The van der Waals surface area contributed by atoms with Crippen LogP contribution in [0.25, 0.3) is 0 Å². The second-order valence-corrected chi connectivity index (χ2v) is 5.04. The molecule has 0 aromatic heterocycles. The molecule has 2 nitrogen and oxygen atoms in total. The average molecular weight is 232 g/mol. The van der Waals surface area contributed by atoms with Crippen molar-refractivity contribution in [3.63, 3.8) is 0 Å². The Bertz CT molecular complexity index is 190. The highest BCUT2D eigenvalue weighted by atomic mass is 35.5. The Labute approximate surface area is 97.8 Å². The summed E-state index contributed by atoms with van der Waals surface area (Å²) < 4.78 is 0. The molecular weight excluding hydrogens is 210 g/mol. The molecule has 0 heterocycles. The molecule has 0 bridgehead atoms. The second-order valence-electron chi connectivity index (χ2n) is 4.42. The maximum atomic E-state index is 11.7. The monoisotopic (exact) mass is 231 g/mol. The molecule has 0 aromatic carbocycles. The van der Waals surface area contributed by atoms with Crippen LogP contribution in [0.3, 0.4) is 0 Å². The second kappa shape index (κ2) is 7.10. The van der Waals surface area contributed by atoms with E-state index in [1.54, 1.807) is 0 Å². The zero-order chi connectivity index (χ0) is 11.1. The van der Waals surface area contributed by atoms with Gasteiger partial charge < -0.3 is 5.32 Å². The molecule has 1 saturated carbocycles. The fourth-order valence-corrected chi connectivity index (χ4v) is 2.17. The first kappa shape index (κ1) is 12.8. The summed E-state index contributed by atoms with van der Waals surface area (Å²) in [5.74, 6) is 0.517. The fraction of sp³-hybridized carbons (Fsp3) is 0.917. The third kappa shape index (κ3) is 4.87. The lowest BCUT2D eigenvalue weighted by Gasteiger charge is -2.20. The summed E-state index contributed by atoms with van der Waals surface area (Å²) >= 11 is 5.98. The van der Waals surface area contributed by atoms with Crippen molar-refractivity contribution in [3.8, 4) is 0 Å². The standard InChI is InChI=1S/C12H22ClNO/c1-2-11(13)8-9-14-12(15)10-6-4-3-5-7-10/h10-11H,2-9H2,1H3,(H,14,15). The van der Waals surface area contributed by atoms with Gasteiger partial charge in [-0.25, -0.2) is 0 Å². The highest BCUT2D eigenvalue weighted by molar-refractivity contribution is 6.20. The van der Waals surface area contributed by atoms with Crippen LogP contribution in [0, 0.1) is 5.92 Å². The van der Waals surface area contributed by atoms with Crippen molar-refractivity contribution in [1.29, 1.82) is 0 Å². The van der Waals surface area contributed by atoms with Gasteiger partial charge in [0.2, 0.25) is 5.91 Å². The largest absolute Gasteiger partial charge is 0.356 e. The molecule has 0 radical (unpaired) electrons. The Morgan fingerprint density at radius 2 is 2.07 bits per heavy atom. The van der Waals surface area contributed by atoms with Crippen LogP contribution in [0.4, 0.5) is 0 Å². The van der Waals surface area contributed by atoms with Crippen LogP contribution in [0.1, 0.15) is 51.9 Å². The Morgan fingerprint density at radius 1 is 1.40 bits per heavy atom. The topological polar surface area (TPSA) is 29.1 Å². The first-order valence-corrected chi connectivity index (χ1v) is 6.59. The maximum absolute atomic E-state index is 11.7. The predicted octanol–water partition coefficient (Wildman–Crippen LogP) is 3.09. The number of amides is 1. The fourth-order valence-electron chi connectivity index (χ4n) is 2.07. The van der Waals surface area contributed by atoms with Gasteiger partial charge in [-0.2, -0.15) is 0 Å². The van der Waals surface area contributed by atoms with Crippen LogP contribution < -0.4 is 5.32 Å². The van der Waals surface area contributed by atoms with Crippen LogP contribution in [0.5, 0.6) is 0 Å². The normalized spacial score (nSPS) is 19.9. The van der Waals surface area contributed by atoms with Crippen LogP contribution in [0.15, 0.2) is 0 Å². The van der Waals surface area contributed by atoms with Crippen LogP contribution in [-0.4, -0.2) is 17.8 Å². The van der Waals surface area contributed by atoms with Gasteiger partial charge in [-0.15, -0.1) is 11.6 Å². The maximum Gasteiger partial charge on any atom is 0.223 e. The molecule has 1 fully saturated rings. The van der Waals surface area contributed by atoms with Gasteiger partial charge in [0, 0.05) is 17.8 Å². The molecule has 0 aromatic rings. The summed E-state index contributed by atoms with van der Waals surface area (Å²) in [6.07, 6.45) is 7.73. The van der Waals surface area contributed by atoms with Crippen molar-refractivity contribution < 1.29 is 4.79 Å². The van der Waals surface area contributed by atoms with Gasteiger partial charge in [0.1, 0.15) is 0 Å². The zero-order valence-electron chi connectivity index (χ0n) is 9.60. The molecule has 1 amide bonds. The first-order valence-electron chi connectivity index (χ1n) is 6.15. The number of halogens is 1. The number of rotatable bonds is 5. The summed E-state index contributed by atoms with van der Waals surface area (Å²) in [7, 11) is 0. The van der Waals surface area contributed by atoms with E-state index in [1.165, 1.54) is 19.3 Å². The lowest BCUT2D eigenvalue weighted by Crippen LogP contribution is -2.33. The van der Waals surface area contributed by atoms with E-state index in [0.29, 0.717) is 0 Å². The molecule has 1 rings (SSSR count). The minimum absolute atomic E-state index is 0.205. The molecule has 1 aliphatic rings. The van der Waals surface area contributed by atoms with E-state index < -0.39 is 0 Å². The molecule has 3 heteroatoms. The van der Waals surface area contributed by atoms with Crippen LogP contribution >= 0.6 is 11.6 Å². The molecule has 0 spiro atoms. The third-order valence-corrected chi connectivity index (χ3v) is 3.70. The van der Waals surface area contributed by atoms with Gasteiger partial charge in [-0.3, -0.25) is 4.79 Å². The Kier molecular flexibility index (Phi) is 6.07. The van der Waals surface area contributed by atoms with Crippen molar-refractivity contribution in [3.05, 3.63) is 0 Å². The Hall–Kier alpha value is -0.240. The van der Waals surface area contributed by atoms with E-state index in [0.717, 1.165) is 32.2 Å². The van der Waals surface area contributed by atoms with Gasteiger partial charge in [0.15, 0.2) is 0 Å². The van der Waals surface area contributed by atoms with Crippen LogP contribution in [0.2, 0.25) is 0 Å². The minimum atomic E-state index is 0.205. The van der Waals surface area contributed by atoms with Gasteiger partial charge in [0.25, 0.3) is 0 Å². The van der Waals surface area contributed by atoms with E-state index in [4.69, 9.17) is 11.6 Å². The Balaban J connectivity index is 2.12. The van der Waals surface area contributed by atoms with Crippen molar-refractivity contribution in [2.45, 2.75) is 57.2 Å². The summed E-state index contributed by atoms with van der Waals surface area (Å²) in [5, 5.41) is 3.20. The first-order chi connectivity index (χ1) is 7.24. The summed E-state index contributed by atoms with van der Waals surface area (Å²) in [4.78, 5) is 11.7. The quantitative estimate of drug-likeness (QED) is 0.724. The number of hydrogen-bond acceptors (Lipinski definition) is 1. The van der Waals surface area contributed by atoms with Gasteiger partial charge >= 0.3 is 0 Å². The SMILES string of the molecule is CCC(Cl)CCNC(=O)C1CCCCC1. The van der Waals surface area contributed by atoms with E-state index >= 15 is 0 Å². The summed E-state index contributed by atoms with van der Waals surface area (Å²) in [6.45, 7) is 2.80. The summed E-state index contributed by atoms with van der Waals surface area (Å²) in [6, 6.07) is 0. The molecule has 88 valence electrons. The number of carbonyl (C=O) groups excluding carboxylic acids is 1. The number of nitrogens with one attached hydrogen (secondary N) is 1. The van der Waals surface area contributed by atoms with Crippen LogP contribution in [-0.2, 0) is 4.79 Å². The molecule has 1 unspecified atom stereocenters. The Morgan fingerprint density at radius 3 is 2.67 bits per heavy atom. The highest BCUT2D eigenvalue weighted by Gasteiger charge is 2.20. The van der Waals surface area contributed by atoms with Crippen molar-refractivity contribution in [2.24, 2.45) is 5.92 Å². The molecule has 15 heavy (non-hydrogen) atoms. The minimum Gasteiger partial charge on any atom is -0.356 e. The lowest BCUT2D eigenvalue weighted by atomic mass is 9.89. The molecule has 1 aliphatic carbocycles. The van der Waals surface area contributed by atoms with E-state index in [1.807, 2.05) is 0 Å². The predicted molar refractivity (Wildman–Crippen MR) is 64.1 cm³/mol. The number of alkyl halides is 1.